The number of ketones is 1. The summed E-state index contributed by atoms with van der Waals surface area (Å²) in [6.45, 7) is 49.7. The zero-order valence-electron chi connectivity index (χ0n) is 59.1. The van der Waals surface area contributed by atoms with Crippen molar-refractivity contribution in [2.45, 2.75) is 338 Å². The molecular weight excluding hydrogens is 1050 g/mol. The molecule has 0 radical (unpaired) electrons. The molecule has 0 aromatic rings. The third-order valence-corrected chi connectivity index (χ3v) is 19.8. The van der Waals surface area contributed by atoms with E-state index in [0.717, 1.165) is 103 Å². The normalized spacial score (nSPS) is 16.0. The number of esters is 4. The average Bonchev–Trinajstić information content (AvgIpc) is 2.88. The Morgan fingerprint density at radius 2 is 0.917 bits per heavy atom. The Balaban J connectivity index is 3.59. The SMILES string of the molecule is CCCCCCCCCCOC(=O)C(CC(C)(C)CC(C)(C)CC(C(=O)OCCCCCCCC)C(C)(C)CCCC(C)(C)C(CC(C)(C)C)N1CCCC1=O)C(C)(C)CCC(C)(C)CC(C)(C(=O)OCCOC(=O)CC(C)=O)C(C)(C)CC. The quantitative estimate of drug-likeness (QED) is 0.0250. The molecule has 84 heavy (non-hydrogen) atoms. The minimum atomic E-state index is -0.880. The highest BCUT2D eigenvalue weighted by atomic mass is 16.6. The van der Waals surface area contributed by atoms with Gasteiger partial charge < -0.3 is 23.8 Å². The molecule has 1 rings (SSSR count). The molecule has 492 valence electrons. The van der Waals surface area contributed by atoms with Gasteiger partial charge in [-0.05, 0) is 141 Å². The fraction of sp³-hybridized carbons (Fsp3) is 0.918. The molecule has 0 spiro atoms. The van der Waals surface area contributed by atoms with E-state index in [1.54, 1.807) is 0 Å². The first kappa shape index (κ1) is 79.0. The number of Topliss-reactive ketones (excluding diaryl/α,β-unsaturated/α-hetero) is 1. The number of carbonyl (C=O) groups is 6. The van der Waals surface area contributed by atoms with Gasteiger partial charge in [0.25, 0.3) is 0 Å². The summed E-state index contributed by atoms with van der Waals surface area (Å²) in [5.41, 5.74) is -3.12. The van der Waals surface area contributed by atoms with Crippen molar-refractivity contribution in [3.8, 4) is 0 Å². The summed E-state index contributed by atoms with van der Waals surface area (Å²) in [5.74, 6) is -1.96. The molecule has 1 amide bonds. The van der Waals surface area contributed by atoms with E-state index >= 15 is 0 Å². The predicted octanol–water partition coefficient (Wildman–Crippen LogP) is 19.4. The van der Waals surface area contributed by atoms with Gasteiger partial charge in [-0.2, -0.15) is 0 Å². The lowest BCUT2D eigenvalue weighted by atomic mass is 9.57. The number of carbonyl (C=O) groups excluding carboxylic acids is 6. The van der Waals surface area contributed by atoms with E-state index in [2.05, 4.69) is 143 Å². The van der Waals surface area contributed by atoms with Crippen LogP contribution >= 0.6 is 0 Å². The van der Waals surface area contributed by atoms with Crippen molar-refractivity contribution < 1.29 is 47.7 Å². The molecule has 0 N–H and O–H groups in total. The number of nitrogens with zero attached hydrogens (tertiary/aromatic N) is 1. The molecule has 11 nitrogen and oxygen atoms in total. The summed E-state index contributed by atoms with van der Waals surface area (Å²) < 4.78 is 23.6. The molecule has 4 atom stereocenters. The van der Waals surface area contributed by atoms with Crippen LogP contribution in [0.1, 0.15) is 332 Å². The van der Waals surface area contributed by atoms with Gasteiger partial charge in [-0.15, -0.1) is 0 Å². The van der Waals surface area contributed by atoms with E-state index < -0.39 is 28.1 Å². The van der Waals surface area contributed by atoms with Crippen LogP contribution in [0.15, 0.2) is 0 Å². The molecule has 4 unspecified atom stereocenters. The van der Waals surface area contributed by atoms with E-state index in [9.17, 15) is 28.8 Å². The van der Waals surface area contributed by atoms with Crippen LogP contribution in [0.2, 0.25) is 0 Å². The molecule has 11 heteroatoms. The van der Waals surface area contributed by atoms with Crippen molar-refractivity contribution >= 4 is 35.6 Å². The fourth-order valence-electron chi connectivity index (χ4n) is 13.9. The Hall–Kier alpha value is -2.98. The molecule has 0 saturated carbocycles. The van der Waals surface area contributed by atoms with Gasteiger partial charge in [-0.1, -0.05) is 222 Å². The second-order valence-corrected chi connectivity index (χ2v) is 33.0. The van der Waals surface area contributed by atoms with Gasteiger partial charge >= 0.3 is 23.9 Å². The molecular formula is C73H135NO10. The first-order valence-electron chi connectivity index (χ1n) is 34.1. The Morgan fingerprint density at radius 1 is 0.476 bits per heavy atom. The Labute approximate surface area is 517 Å². The Kier molecular flexibility index (Phi) is 33.8. The van der Waals surface area contributed by atoms with E-state index in [4.69, 9.17) is 18.9 Å². The number of hydrogen-bond acceptors (Lipinski definition) is 10. The molecule has 1 heterocycles. The van der Waals surface area contributed by atoms with Gasteiger partial charge in [-0.3, -0.25) is 28.8 Å². The predicted molar refractivity (Wildman–Crippen MR) is 347 cm³/mol. The van der Waals surface area contributed by atoms with Gasteiger partial charge in [0.05, 0.1) is 30.5 Å². The summed E-state index contributed by atoms with van der Waals surface area (Å²) >= 11 is 0. The van der Waals surface area contributed by atoms with Crippen molar-refractivity contribution in [3.05, 3.63) is 0 Å². The largest absolute Gasteiger partial charge is 0.465 e. The van der Waals surface area contributed by atoms with Crippen LogP contribution in [-0.2, 0) is 47.7 Å². The molecule has 1 aliphatic heterocycles. The first-order valence-corrected chi connectivity index (χ1v) is 34.1. The molecule has 1 saturated heterocycles. The molecule has 0 aliphatic carbocycles. The summed E-state index contributed by atoms with van der Waals surface area (Å²) in [6, 6.07) is 0.153. The summed E-state index contributed by atoms with van der Waals surface area (Å²) in [7, 11) is 0. The van der Waals surface area contributed by atoms with Crippen LogP contribution < -0.4 is 0 Å². The molecule has 1 aliphatic rings. The van der Waals surface area contributed by atoms with Crippen LogP contribution in [-0.4, -0.2) is 79.5 Å². The van der Waals surface area contributed by atoms with Crippen molar-refractivity contribution in [2.24, 2.45) is 60.6 Å². The first-order chi connectivity index (χ1) is 38.6. The summed E-state index contributed by atoms with van der Waals surface area (Å²) in [4.78, 5) is 82.6. The lowest BCUT2D eigenvalue weighted by Gasteiger charge is -2.47. The van der Waals surface area contributed by atoms with Crippen LogP contribution in [0.3, 0.4) is 0 Å². The van der Waals surface area contributed by atoms with Crippen LogP contribution in [0.4, 0.5) is 0 Å². The van der Waals surface area contributed by atoms with Gasteiger partial charge in [0.2, 0.25) is 5.91 Å². The van der Waals surface area contributed by atoms with E-state index in [0.29, 0.717) is 38.9 Å². The topological polar surface area (TPSA) is 143 Å². The second kappa shape index (κ2) is 35.9. The minimum Gasteiger partial charge on any atom is -0.465 e. The smallest absolute Gasteiger partial charge is 0.313 e. The third-order valence-electron chi connectivity index (χ3n) is 19.8. The number of unbranched alkanes of at least 4 members (excludes halogenated alkanes) is 12. The lowest BCUT2D eigenvalue weighted by molar-refractivity contribution is -0.169. The van der Waals surface area contributed by atoms with E-state index in [1.807, 2.05) is 6.92 Å². The molecule has 0 aromatic carbocycles. The van der Waals surface area contributed by atoms with Crippen LogP contribution in [0.5, 0.6) is 0 Å². The highest BCUT2D eigenvalue weighted by molar-refractivity contribution is 5.94. The number of likely N-dealkylation sites (tertiary alicyclic amines) is 1. The van der Waals surface area contributed by atoms with Crippen molar-refractivity contribution in [2.75, 3.05) is 33.0 Å². The van der Waals surface area contributed by atoms with Crippen molar-refractivity contribution in [3.63, 3.8) is 0 Å². The second-order valence-electron chi connectivity index (χ2n) is 33.0. The lowest BCUT2D eigenvalue weighted by Crippen LogP contribution is -2.48. The summed E-state index contributed by atoms with van der Waals surface area (Å²) in [5, 5.41) is 0. The molecule has 0 aromatic heterocycles. The number of rotatable bonds is 46. The fourth-order valence-corrected chi connectivity index (χ4v) is 13.9. The molecule has 0 bridgehead atoms. The maximum absolute atomic E-state index is 14.8. The highest BCUT2D eigenvalue weighted by Gasteiger charge is 2.51. The maximum atomic E-state index is 14.8. The van der Waals surface area contributed by atoms with E-state index in [-0.39, 0.29) is 93.7 Å². The zero-order valence-corrected chi connectivity index (χ0v) is 59.1. The van der Waals surface area contributed by atoms with Gasteiger partial charge in [-0.25, -0.2) is 0 Å². The number of ether oxygens (including phenoxy) is 4. The van der Waals surface area contributed by atoms with E-state index in [1.165, 1.54) is 58.3 Å². The number of hydrogen-bond donors (Lipinski definition) is 0. The average molecular weight is 1190 g/mol. The maximum Gasteiger partial charge on any atom is 0.313 e. The van der Waals surface area contributed by atoms with Crippen molar-refractivity contribution in [1.82, 2.24) is 4.90 Å². The van der Waals surface area contributed by atoms with Crippen LogP contribution in [0.25, 0.3) is 0 Å². The number of amides is 1. The zero-order chi connectivity index (χ0) is 64.4. The summed E-state index contributed by atoms with van der Waals surface area (Å²) in [6.07, 6.45) is 25.7. The third kappa shape index (κ3) is 29.3. The van der Waals surface area contributed by atoms with Crippen molar-refractivity contribution in [1.29, 1.82) is 0 Å². The minimum absolute atomic E-state index is 0.0738. The highest BCUT2D eigenvalue weighted by Crippen LogP contribution is 2.54. The molecule has 1 fully saturated rings. The Morgan fingerprint density at radius 3 is 1.35 bits per heavy atom. The van der Waals surface area contributed by atoms with Gasteiger partial charge in [0, 0.05) is 19.0 Å². The van der Waals surface area contributed by atoms with Gasteiger partial charge in [0.1, 0.15) is 25.4 Å². The monoisotopic (exact) mass is 1190 g/mol. The Bertz CT molecular complexity index is 1970. The van der Waals surface area contributed by atoms with Crippen LogP contribution in [0, 0.1) is 60.6 Å². The van der Waals surface area contributed by atoms with Gasteiger partial charge in [0.15, 0.2) is 0 Å². The standard InChI is InChI=1S/C73H135NO10/c1-23-26-28-30-32-33-35-37-47-83-63(79)58(70(16,17)44-43-66(8,9)55-73(22,72(20,21)25-3)64(80)84-49-48-81-61(77)50-56(4)75)52-68(12,13)54-67(10,11)51-57(62(78)82-46-36-34-31-29-27-24-2)69(14,15)41-39-42-71(18,19)59(53-65(5,6)7)74-45-38-40-60(74)76/h57-59H,23-55H2,1-22H3.